The molecule has 3 amide bonds. The van der Waals surface area contributed by atoms with Gasteiger partial charge in [-0.05, 0) is 88.3 Å². The maximum absolute atomic E-state index is 14.1. The van der Waals surface area contributed by atoms with E-state index in [9.17, 15) is 14.4 Å². The summed E-state index contributed by atoms with van der Waals surface area (Å²) in [6.07, 6.45) is 6.13. The molecule has 0 saturated carbocycles. The molecular weight excluding hydrogens is 825 g/mol. The first kappa shape index (κ1) is 50.1. The molecule has 62 heavy (non-hydrogen) atoms. The highest BCUT2D eigenvalue weighted by molar-refractivity contribution is 6.74. The van der Waals surface area contributed by atoms with Crippen molar-refractivity contribution in [1.29, 1.82) is 0 Å². The van der Waals surface area contributed by atoms with E-state index in [1.807, 2.05) is 26.2 Å². The number of nitrogens with two attached hydrogens (primary N) is 2. The van der Waals surface area contributed by atoms with E-state index in [0.717, 1.165) is 24.0 Å². The monoisotopic (exact) mass is 896 g/mol. The third-order valence-corrected chi connectivity index (χ3v) is 21.6. The zero-order valence-corrected chi connectivity index (χ0v) is 41.6. The van der Waals surface area contributed by atoms with E-state index in [4.69, 9.17) is 44.0 Å². The van der Waals surface area contributed by atoms with E-state index in [2.05, 4.69) is 67.7 Å². The van der Waals surface area contributed by atoms with Gasteiger partial charge in [-0.3, -0.25) is 9.59 Å². The minimum atomic E-state index is -2.08. The maximum Gasteiger partial charge on any atom is 0.409 e. The first-order chi connectivity index (χ1) is 28.8. The Morgan fingerprint density at radius 2 is 1.06 bits per heavy atom. The van der Waals surface area contributed by atoms with Crippen molar-refractivity contribution in [2.24, 2.45) is 5.73 Å². The molecule has 16 heteroatoms. The number of benzene rings is 2. The number of methoxy groups -OCH3 is 2. The lowest BCUT2D eigenvalue weighted by Crippen LogP contribution is -2.45. The molecule has 2 aromatic carbocycles. The fourth-order valence-electron chi connectivity index (χ4n) is 6.73. The quantitative estimate of drug-likeness (QED) is 0.0781. The molecule has 0 radical (unpaired) electrons. The first-order valence-corrected chi connectivity index (χ1v) is 27.3. The number of hydrogen-bond acceptors (Lipinski definition) is 11. The van der Waals surface area contributed by atoms with Gasteiger partial charge in [0.25, 0.3) is 11.8 Å². The number of unbranched alkanes of at least 4 members (excludes halogenated alkanes) is 2. The Morgan fingerprint density at radius 3 is 1.48 bits per heavy atom. The molecule has 344 valence electrons. The van der Waals surface area contributed by atoms with Gasteiger partial charge >= 0.3 is 6.09 Å². The highest BCUT2D eigenvalue weighted by Crippen LogP contribution is 2.41. The molecule has 14 nitrogen and oxygen atoms in total. The number of anilines is 1. The number of hydrogen-bond donors (Lipinski definition) is 2. The third-order valence-electron chi connectivity index (χ3n) is 12.6. The van der Waals surface area contributed by atoms with Gasteiger partial charge in [-0.25, -0.2) is 4.79 Å². The average Bonchev–Trinajstić information content (AvgIpc) is 3.75. The minimum Gasteiger partial charge on any atom is -0.493 e. The zero-order chi connectivity index (χ0) is 46.4. The van der Waals surface area contributed by atoms with Crippen molar-refractivity contribution < 1.29 is 46.9 Å². The van der Waals surface area contributed by atoms with Crippen molar-refractivity contribution in [2.75, 3.05) is 46.4 Å². The Hall–Kier alpha value is -4.52. The highest BCUT2D eigenvalue weighted by atomic mass is 28.4. The lowest BCUT2D eigenvalue weighted by molar-refractivity contribution is 0.0729. The van der Waals surface area contributed by atoms with Gasteiger partial charge in [-0.1, -0.05) is 52.7 Å². The number of nitrogens with zero attached hydrogens (tertiary/aromatic N) is 2. The second kappa shape index (κ2) is 20.3. The molecule has 0 fully saturated rings. The molecular formula is C46H72N4O10Si2. The largest absolute Gasteiger partial charge is 0.493 e. The fraction of sp³-hybridized carbons (Fsp3) is 0.587. The minimum absolute atomic E-state index is 0.0137. The van der Waals surface area contributed by atoms with Gasteiger partial charge in [-0.2, -0.15) is 0 Å². The second-order valence-corrected chi connectivity index (χ2v) is 29.1. The summed E-state index contributed by atoms with van der Waals surface area (Å²) >= 11 is 0. The Kier molecular flexibility index (Phi) is 16.4. The zero-order valence-electron chi connectivity index (χ0n) is 39.6. The van der Waals surface area contributed by atoms with Crippen LogP contribution < -0.4 is 35.2 Å². The summed E-state index contributed by atoms with van der Waals surface area (Å²) in [5.74, 6) is 0.840. The summed E-state index contributed by atoms with van der Waals surface area (Å²) in [6, 6.07) is 5.91. The van der Waals surface area contributed by atoms with E-state index < -0.39 is 22.7 Å². The van der Waals surface area contributed by atoms with Gasteiger partial charge in [0.15, 0.2) is 39.6 Å². The Balaban J connectivity index is 1.35. The van der Waals surface area contributed by atoms with Gasteiger partial charge in [-0.15, -0.1) is 0 Å². The molecule has 4 rings (SSSR count). The molecule has 2 aliphatic heterocycles. The highest BCUT2D eigenvalue weighted by Gasteiger charge is 2.41. The number of amides is 3. The number of nitrogen functional groups attached to an aromatic ring is 1. The summed E-state index contributed by atoms with van der Waals surface area (Å²) in [5.41, 5.74) is 14.8. The molecule has 2 aliphatic rings. The van der Waals surface area contributed by atoms with E-state index in [1.54, 1.807) is 21.9 Å². The number of ether oxygens (including phenoxy) is 5. The fourth-order valence-corrected chi connectivity index (χ4v) is 8.81. The van der Waals surface area contributed by atoms with Crippen molar-refractivity contribution in [3.63, 3.8) is 0 Å². The number of primary amides is 1. The smallest absolute Gasteiger partial charge is 0.409 e. The second-order valence-electron chi connectivity index (χ2n) is 19.5. The van der Waals surface area contributed by atoms with E-state index in [-0.39, 0.29) is 45.3 Å². The normalized spacial score (nSPS) is 17.1. The molecule has 2 aromatic rings. The van der Waals surface area contributed by atoms with Crippen LogP contribution in [0.1, 0.15) is 108 Å². The van der Waals surface area contributed by atoms with Crippen molar-refractivity contribution in [3.05, 3.63) is 58.9 Å². The van der Waals surface area contributed by atoms with E-state index in [1.165, 1.54) is 26.4 Å². The van der Waals surface area contributed by atoms with Gasteiger partial charge in [0.1, 0.15) is 5.75 Å². The molecule has 0 aliphatic carbocycles. The van der Waals surface area contributed by atoms with Gasteiger partial charge in [0.2, 0.25) is 0 Å². The van der Waals surface area contributed by atoms with E-state index in [0.29, 0.717) is 79.9 Å². The van der Waals surface area contributed by atoms with Crippen LogP contribution in [0.25, 0.3) is 0 Å². The first-order valence-electron chi connectivity index (χ1n) is 21.5. The Bertz CT molecular complexity index is 2000. The summed E-state index contributed by atoms with van der Waals surface area (Å²) in [7, 11) is -1.08. The van der Waals surface area contributed by atoms with E-state index >= 15 is 0 Å². The molecule has 2 atom stereocenters. The van der Waals surface area contributed by atoms with Crippen LogP contribution in [0.15, 0.2) is 47.8 Å². The molecule has 0 spiro atoms. The van der Waals surface area contributed by atoms with Gasteiger partial charge in [0, 0.05) is 36.3 Å². The van der Waals surface area contributed by atoms with Crippen LogP contribution in [-0.4, -0.2) is 97.1 Å². The van der Waals surface area contributed by atoms with Crippen molar-refractivity contribution >= 4 is 40.2 Å². The van der Waals surface area contributed by atoms with Crippen molar-refractivity contribution in [3.8, 4) is 28.7 Å². The van der Waals surface area contributed by atoms with Crippen LogP contribution in [0.2, 0.25) is 36.3 Å². The lowest BCUT2D eigenvalue weighted by atomic mass is 10.1. The summed E-state index contributed by atoms with van der Waals surface area (Å²) in [4.78, 5) is 43.3. The Morgan fingerprint density at radius 1 is 0.645 bits per heavy atom. The number of carbonyl (C=O) groups is 3. The van der Waals surface area contributed by atoms with Crippen LogP contribution >= 0.6 is 0 Å². The standard InChI is InChI=1S/C46H72N4O10Si2/c1-30-20-32(28-58-61(11,12)45(3,4)5)49(26-30)42(51)34-22-38(54-9)40(24-36(34)47)56-18-16-15-17-19-57-41-25-37(60-44(48)53)35(23-39(41)55-10)43(52)50-27-31(2)21-33(50)29-59-62(13,14)46(6,7)8/h22-27,32-33H,15-21,28-29,47H2,1-14H3,(H2,48,53)/t32-,33-/m0/s1. The molecule has 0 bridgehead atoms. The molecule has 0 unspecified atom stereocenters. The maximum atomic E-state index is 14.1. The van der Waals surface area contributed by atoms with Crippen molar-refractivity contribution in [2.45, 2.75) is 136 Å². The predicted octanol–water partition coefficient (Wildman–Crippen LogP) is 9.65. The molecule has 4 N–H and O–H groups in total. The summed E-state index contributed by atoms with van der Waals surface area (Å²) in [5, 5.41) is 0.0703. The van der Waals surface area contributed by atoms with Gasteiger partial charge in [0.05, 0.1) is 63.9 Å². The van der Waals surface area contributed by atoms with Crippen LogP contribution in [0.4, 0.5) is 10.5 Å². The summed E-state index contributed by atoms with van der Waals surface area (Å²) < 4.78 is 41.8. The van der Waals surface area contributed by atoms with Crippen LogP contribution in [-0.2, 0) is 8.85 Å². The van der Waals surface area contributed by atoms with Crippen LogP contribution in [0.5, 0.6) is 28.7 Å². The SMILES string of the molecule is COc1cc(C(=O)N2C=C(C)C[C@H]2CO[Si](C)(C)C(C)(C)C)c(N)cc1OCCCCCOc1cc(OC(N)=O)c(C(=O)N2C=C(C)C[C@H]2CO[Si](C)(C)C(C)(C)C)cc1OC. The average molecular weight is 897 g/mol. The third kappa shape index (κ3) is 12.3. The number of carbonyl (C=O) groups excluding carboxylic acids is 3. The molecule has 0 saturated heterocycles. The summed E-state index contributed by atoms with van der Waals surface area (Å²) in [6.45, 7) is 27.4. The predicted molar refractivity (Wildman–Crippen MR) is 248 cm³/mol. The molecule has 2 heterocycles. The number of rotatable bonds is 19. The van der Waals surface area contributed by atoms with Crippen molar-refractivity contribution in [1.82, 2.24) is 9.80 Å². The van der Waals surface area contributed by atoms with Gasteiger partial charge < -0.3 is 53.8 Å². The van der Waals surface area contributed by atoms with Crippen LogP contribution in [0.3, 0.4) is 0 Å². The van der Waals surface area contributed by atoms with Crippen LogP contribution in [0, 0.1) is 0 Å². The lowest BCUT2D eigenvalue weighted by Gasteiger charge is -2.38. The topological polar surface area (TPSA) is 174 Å². The molecule has 0 aromatic heterocycles. The Labute approximate surface area is 371 Å².